The Labute approximate surface area is 130 Å². The molecule has 0 aliphatic rings. The van der Waals surface area contributed by atoms with E-state index in [0.717, 1.165) is 10.4 Å². The van der Waals surface area contributed by atoms with Crippen molar-refractivity contribution >= 4 is 22.4 Å². The third kappa shape index (κ3) is 3.23. The molecule has 1 amide bonds. The number of carbonyl (C=O) groups excluding carboxylic acids is 1. The average Bonchev–Trinajstić information content (AvgIpc) is 3.15. The monoisotopic (exact) mass is 316 g/mol. The maximum absolute atomic E-state index is 13.5. The minimum Gasteiger partial charge on any atom is -0.459 e. The number of furan rings is 1. The van der Waals surface area contributed by atoms with Gasteiger partial charge in [-0.15, -0.1) is 11.3 Å². The lowest BCUT2D eigenvalue weighted by molar-refractivity contribution is 0.0996. The highest BCUT2D eigenvalue weighted by molar-refractivity contribution is 7.15. The summed E-state index contributed by atoms with van der Waals surface area (Å²) in [6, 6.07) is 8.40. The molecule has 0 bridgehead atoms. The second-order valence-corrected chi connectivity index (χ2v) is 5.94. The van der Waals surface area contributed by atoms with Gasteiger partial charge < -0.3 is 4.42 Å². The molecule has 0 atom stereocenters. The number of nitrogens with zero attached hydrogens (tertiary/aromatic N) is 1. The number of hydrogen-bond acceptors (Lipinski definition) is 4. The highest BCUT2D eigenvalue weighted by Crippen LogP contribution is 2.22. The molecule has 0 fully saturated rings. The number of carbonyl (C=O) groups is 1. The highest BCUT2D eigenvalue weighted by Gasteiger charge is 2.11. The fraction of sp³-hybridized carbons (Fsp3) is 0.125. The molecule has 3 aromatic rings. The van der Waals surface area contributed by atoms with Crippen LogP contribution in [0, 0.1) is 12.7 Å². The van der Waals surface area contributed by atoms with Gasteiger partial charge in [0.1, 0.15) is 5.82 Å². The van der Waals surface area contributed by atoms with Gasteiger partial charge in [-0.3, -0.25) is 10.1 Å². The zero-order valence-electron chi connectivity index (χ0n) is 11.8. The molecule has 4 nitrogen and oxygen atoms in total. The van der Waals surface area contributed by atoms with Crippen molar-refractivity contribution in [2.45, 2.75) is 13.3 Å². The van der Waals surface area contributed by atoms with E-state index in [1.165, 1.54) is 23.7 Å². The van der Waals surface area contributed by atoms with E-state index >= 15 is 0 Å². The van der Waals surface area contributed by atoms with Crippen molar-refractivity contribution in [3.05, 3.63) is 70.4 Å². The van der Waals surface area contributed by atoms with Crippen molar-refractivity contribution in [1.29, 1.82) is 0 Å². The maximum atomic E-state index is 13.5. The minimum atomic E-state index is -0.340. The number of benzene rings is 1. The third-order valence-corrected chi connectivity index (χ3v) is 4.05. The Hall–Kier alpha value is -2.47. The SMILES string of the molecule is Cc1ccc(Cc2cnc(NC(=O)c3ccco3)s2)cc1F. The van der Waals surface area contributed by atoms with Crippen LogP contribution < -0.4 is 5.32 Å². The third-order valence-electron chi connectivity index (χ3n) is 3.13. The van der Waals surface area contributed by atoms with Crippen LogP contribution in [0.4, 0.5) is 9.52 Å². The van der Waals surface area contributed by atoms with Crippen molar-refractivity contribution in [1.82, 2.24) is 4.98 Å². The number of halogens is 1. The van der Waals surface area contributed by atoms with E-state index in [1.54, 1.807) is 31.3 Å². The van der Waals surface area contributed by atoms with E-state index < -0.39 is 0 Å². The summed E-state index contributed by atoms with van der Waals surface area (Å²) in [6.45, 7) is 1.73. The summed E-state index contributed by atoms with van der Waals surface area (Å²) in [5.74, 6) is -0.321. The number of hydrogen-bond donors (Lipinski definition) is 1. The largest absolute Gasteiger partial charge is 0.459 e. The van der Waals surface area contributed by atoms with E-state index in [0.29, 0.717) is 17.1 Å². The van der Waals surface area contributed by atoms with E-state index in [-0.39, 0.29) is 17.5 Å². The maximum Gasteiger partial charge on any atom is 0.293 e. The molecule has 1 aromatic carbocycles. The zero-order valence-corrected chi connectivity index (χ0v) is 12.6. The molecule has 2 aromatic heterocycles. The van der Waals surface area contributed by atoms with Gasteiger partial charge in [0.25, 0.3) is 5.91 Å². The predicted molar refractivity (Wildman–Crippen MR) is 82.7 cm³/mol. The van der Waals surface area contributed by atoms with Crippen molar-refractivity contribution in [3.63, 3.8) is 0 Å². The number of nitrogens with one attached hydrogen (secondary N) is 1. The van der Waals surface area contributed by atoms with Crippen LogP contribution in [0.1, 0.15) is 26.6 Å². The molecule has 0 saturated heterocycles. The van der Waals surface area contributed by atoms with Gasteiger partial charge in [0.15, 0.2) is 10.9 Å². The molecule has 0 spiro atoms. The molecule has 112 valence electrons. The van der Waals surface area contributed by atoms with Crippen LogP contribution in [0.15, 0.2) is 47.2 Å². The Morgan fingerprint density at radius 2 is 2.27 bits per heavy atom. The first-order valence-corrected chi connectivity index (χ1v) is 7.48. The van der Waals surface area contributed by atoms with Crippen molar-refractivity contribution in [2.24, 2.45) is 0 Å². The van der Waals surface area contributed by atoms with Gasteiger partial charge >= 0.3 is 0 Å². The van der Waals surface area contributed by atoms with Gasteiger partial charge in [-0.05, 0) is 36.2 Å². The van der Waals surface area contributed by atoms with Crippen LogP contribution in [-0.4, -0.2) is 10.9 Å². The number of amides is 1. The van der Waals surface area contributed by atoms with Crippen LogP contribution in [0.25, 0.3) is 0 Å². The molecule has 2 heterocycles. The Kier molecular flexibility index (Phi) is 4.02. The number of rotatable bonds is 4. The van der Waals surface area contributed by atoms with Gasteiger partial charge in [0, 0.05) is 17.5 Å². The number of aryl methyl sites for hydroxylation is 1. The fourth-order valence-corrected chi connectivity index (χ4v) is 2.80. The predicted octanol–water partition coefficient (Wildman–Crippen LogP) is 4.03. The Balaban J connectivity index is 1.68. The summed E-state index contributed by atoms with van der Waals surface area (Å²) >= 11 is 1.36. The number of anilines is 1. The van der Waals surface area contributed by atoms with Crippen molar-refractivity contribution in [3.8, 4) is 0 Å². The van der Waals surface area contributed by atoms with E-state index in [4.69, 9.17) is 4.42 Å². The molecule has 6 heteroatoms. The Morgan fingerprint density at radius 1 is 1.41 bits per heavy atom. The van der Waals surface area contributed by atoms with Crippen LogP contribution >= 0.6 is 11.3 Å². The number of aromatic nitrogens is 1. The summed E-state index contributed by atoms with van der Waals surface area (Å²) in [5.41, 5.74) is 1.50. The summed E-state index contributed by atoms with van der Waals surface area (Å²) in [4.78, 5) is 16.9. The normalized spacial score (nSPS) is 10.6. The molecule has 22 heavy (non-hydrogen) atoms. The summed E-state index contributed by atoms with van der Waals surface area (Å²) in [7, 11) is 0. The second-order valence-electron chi connectivity index (χ2n) is 4.82. The van der Waals surface area contributed by atoms with Crippen LogP contribution in [0.5, 0.6) is 0 Å². The van der Waals surface area contributed by atoms with Crippen LogP contribution in [0.2, 0.25) is 0 Å². The average molecular weight is 316 g/mol. The summed E-state index contributed by atoms with van der Waals surface area (Å²) in [5, 5.41) is 3.16. The quantitative estimate of drug-likeness (QED) is 0.790. The van der Waals surface area contributed by atoms with E-state index in [9.17, 15) is 9.18 Å². The number of thiazole rings is 1. The first-order valence-electron chi connectivity index (χ1n) is 6.66. The lowest BCUT2D eigenvalue weighted by Crippen LogP contribution is -2.10. The smallest absolute Gasteiger partial charge is 0.293 e. The van der Waals surface area contributed by atoms with Crippen LogP contribution in [0.3, 0.4) is 0 Å². The van der Waals surface area contributed by atoms with Crippen molar-refractivity contribution < 1.29 is 13.6 Å². The first kappa shape index (κ1) is 14.5. The van der Waals surface area contributed by atoms with E-state index in [1.807, 2.05) is 6.07 Å². The highest BCUT2D eigenvalue weighted by atomic mass is 32.1. The van der Waals surface area contributed by atoms with E-state index in [2.05, 4.69) is 10.3 Å². The van der Waals surface area contributed by atoms with Gasteiger partial charge in [-0.25, -0.2) is 9.37 Å². The molecule has 0 unspecified atom stereocenters. The van der Waals surface area contributed by atoms with Gasteiger partial charge in [0.2, 0.25) is 0 Å². The zero-order chi connectivity index (χ0) is 15.5. The lowest BCUT2D eigenvalue weighted by atomic mass is 10.1. The summed E-state index contributed by atoms with van der Waals surface area (Å²) < 4.78 is 18.6. The lowest BCUT2D eigenvalue weighted by Gasteiger charge is -2.01. The summed E-state index contributed by atoms with van der Waals surface area (Å²) in [6.07, 6.45) is 3.69. The van der Waals surface area contributed by atoms with Crippen LogP contribution in [-0.2, 0) is 6.42 Å². The molecule has 1 N–H and O–H groups in total. The molecular weight excluding hydrogens is 303 g/mol. The van der Waals surface area contributed by atoms with Gasteiger partial charge in [0.05, 0.1) is 6.26 Å². The Bertz CT molecular complexity index is 796. The minimum absolute atomic E-state index is 0.214. The fourth-order valence-electron chi connectivity index (χ4n) is 1.96. The molecular formula is C16H13FN2O2S. The standard InChI is InChI=1S/C16H13FN2O2S/c1-10-4-5-11(8-13(10)17)7-12-9-18-16(22-12)19-15(20)14-3-2-6-21-14/h2-6,8-9H,7H2,1H3,(H,18,19,20). The topological polar surface area (TPSA) is 55.1 Å². The van der Waals surface area contributed by atoms with Crippen molar-refractivity contribution in [2.75, 3.05) is 5.32 Å². The molecule has 3 rings (SSSR count). The van der Waals surface area contributed by atoms with Gasteiger partial charge in [-0.1, -0.05) is 12.1 Å². The molecule has 0 radical (unpaired) electrons. The van der Waals surface area contributed by atoms with Gasteiger partial charge in [-0.2, -0.15) is 0 Å². The second kappa shape index (κ2) is 6.11. The Morgan fingerprint density at radius 3 is 3.00 bits per heavy atom. The molecule has 0 saturated carbocycles. The molecule has 0 aliphatic carbocycles. The molecule has 0 aliphatic heterocycles. The first-order chi connectivity index (χ1) is 10.6.